The molecule has 0 aliphatic rings. The lowest BCUT2D eigenvalue weighted by molar-refractivity contribution is 0.399. The molecule has 0 spiro atoms. The molecule has 9 heteroatoms. The van der Waals surface area contributed by atoms with Gasteiger partial charge in [-0.15, -0.1) is 21.5 Å². The van der Waals surface area contributed by atoms with E-state index in [2.05, 4.69) is 38.5 Å². The molecular formula is C26H19N5O2S2. The number of hydrogen-bond acceptors (Lipinski definition) is 9. The van der Waals surface area contributed by atoms with Gasteiger partial charge in [0.1, 0.15) is 32.7 Å². The van der Waals surface area contributed by atoms with Gasteiger partial charge in [-0.05, 0) is 25.5 Å². The van der Waals surface area contributed by atoms with Gasteiger partial charge < -0.3 is 8.94 Å². The number of fused-ring (bicyclic) bond motifs is 1. The second kappa shape index (κ2) is 9.09. The first-order valence-electron chi connectivity index (χ1n) is 11.0. The van der Waals surface area contributed by atoms with Crippen molar-refractivity contribution in [3.05, 3.63) is 84.2 Å². The Labute approximate surface area is 209 Å². The van der Waals surface area contributed by atoms with E-state index in [-0.39, 0.29) is 0 Å². The molecule has 0 saturated carbocycles. The van der Waals surface area contributed by atoms with Crippen LogP contribution >= 0.6 is 23.1 Å². The van der Waals surface area contributed by atoms with Crippen LogP contribution in [-0.2, 0) is 5.75 Å². The highest BCUT2D eigenvalue weighted by molar-refractivity contribution is 7.98. The lowest BCUT2D eigenvalue weighted by Gasteiger charge is -2.01. The normalized spacial score (nSPS) is 11.4. The number of nitrogens with zero attached hydrogens (tertiary/aromatic N) is 5. The van der Waals surface area contributed by atoms with Crippen LogP contribution in [0.2, 0.25) is 0 Å². The van der Waals surface area contributed by atoms with E-state index in [1.165, 1.54) is 10.4 Å². The number of aromatic nitrogens is 5. The van der Waals surface area contributed by atoms with E-state index in [0.29, 0.717) is 34.6 Å². The van der Waals surface area contributed by atoms with Crippen LogP contribution in [-0.4, -0.2) is 25.3 Å². The molecule has 2 aromatic carbocycles. The van der Waals surface area contributed by atoms with Crippen LogP contribution in [0.15, 0.2) is 80.7 Å². The number of aryl methyl sites for hydroxylation is 2. The molecule has 0 fully saturated rings. The van der Waals surface area contributed by atoms with Crippen molar-refractivity contribution in [1.82, 2.24) is 25.3 Å². The van der Waals surface area contributed by atoms with Crippen molar-refractivity contribution < 1.29 is 8.94 Å². The minimum absolute atomic E-state index is 0.393. The molecule has 0 amide bonds. The molecule has 0 aliphatic carbocycles. The van der Waals surface area contributed by atoms with Gasteiger partial charge in [-0.3, -0.25) is 0 Å². The van der Waals surface area contributed by atoms with E-state index in [1.807, 2.05) is 62.4 Å². The zero-order chi connectivity index (χ0) is 23.8. The molecule has 0 aliphatic heterocycles. The van der Waals surface area contributed by atoms with Gasteiger partial charge in [-0.25, -0.2) is 9.97 Å². The Morgan fingerprint density at radius 1 is 0.886 bits per heavy atom. The molecule has 0 bridgehead atoms. The lowest BCUT2D eigenvalue weighted by atomic mass is 10.1. The molecule has 4 heterocycles. The summed E-state index contributed by atoms with van der Waals surface area (Å²) in [6, 6.07) is 22.3. The van der Waals surface area contributed by atoms with Crippen LogP contribution < -0.4 is 0 Å². The van der Waals surface area contributed by atoms with Gasteiger partial charge >= 0.3 is 0 Å². The van der Waals surface area contributed by atoms with E-state index in [1.54, 1.807) is 23.1 Å². The third kappa shape index (κ3) is 4.24. The molecule has 4 aromatic heterocycles. The smallest absolute Gasteiger partial charge is 0.253 e. The van der Waals surface area contributed by atoms with Crippen molar-refractivity contribution in [3.63, 3.8) is 0 Å². The summed E-state index contributed by atoms with van der Waals surface area (Å²) in [5, 5.41) is 14.7. The summed E-state index contributed by atoms with van der Waals surface area (Å²) in [5.74, 6) is 2.75. The minimum Gasteiger partial charge on any atom is -0.420 e. The number of thioether (sulfide) groups is 1. The lowest BCUT2D eigenvalue weighted by Crippen LogP contribution is -1.91. The zero-order valence-corrected chi connectivity index (χ0v) is 20.6. The SMILES string of the molecule is Cc1nc(SCc2nnc(-c3c(-c4ccccc4)noc3C)o2)c2cc(-c3ccccc3)sc2n1. The third-order valence-corrected chi connectivity index (χ3v) is 7.50. The van der Waals surface area contributed by atoms with Gasteiger partial charge in [0.2, 0.25) is 5.89 Å². The molecule has 0 unspecified atom stereocenters. The predicted molar refractivity (Wildman–Crippen MR) is 137 cm³/mol. The first kappa shape index (κ1) is 21.7. The molecule has 0 radical (unpaired) electrons. The minimum atomic E-state index is 0.393. The summed E-state index contributed by atoms with van der Waals surface area (Å²) in [6.07, 6.45) is 0. The van der Waals surface area contributed by atoms with Gasteiger partial charge in [-0.2, -0.15) is 0 Å². The first-order chi connectivity index (χ1) is 17.2. The number of hydrogen-bond donors (Lipinski definition) is 0. The van der Waals surface area contributed by atoms with Gasteiger partial charge in [0, 0.05) is 15.8 Å². The summed E-state index contributed by atoms with van der Waals surface area (Å²) in [7, 11) is 0. The molecule has 0 N–H and O–H groups in total. The summed E-state index contributed by atoms with van der Waals surface area (Å²) in [6.45, 7) is 3.75. The summed E-state index contributed by atoms with van der Waals surface area (Å²) < 4.78 is 11.5. The standard InChI is InChI=1S/C26H19N5O2S2/c1-15-22(23(31-33-15)18-11-7-4-8-12-18)24-30-29-21(32-24)14-34-25-19-13-20(17-9-5-3-6-10-17)35-26(19)28-16(2)27-25/h3-13H,14H2,1-2H3. The monoisotopic (exact) mass is 497 g/mol. The highest BCUT2D eigenvalue weighted by Gasteiger charge is 2.22. The number of benzene rings is 2. The fourth-order valence-corrected chi connectivity index (χ4v) is 5.84. The molecule has 172 valence electrons. The van der Waals surface area contributed by atoms with Crippen LogP contribution in [0.4, 0.5) is 0 Å². The Balaban J connectivity index is 1.28. The molecule has 6 rings (SSSR count). The summed E-state index contributed by atoms with van der Waals surface area (Å²) in [4.78, 5) is 11.5. The fourth-order valence-electron chi connectivity index (χ4n) is 3.81. The average Bonchev–Trinajstić information content (AvgIpc) is 3.61. The van der Waals surface area contributed by atoms with E-state index in [4.69, 9.17) is 13.9 Å². The Morgan fingerprint density at radius 2 is 1.63 bits per heavy atom. The van der Waals surface area contributed by atoms with Crippen molar-refractivity contribution in [1.29, 1.82) is 0 Å². The quantitative estimate of drug-likeness (QED) is 0.180. The Bertz CT molecular complexity index is 1620. The second-order valence-corrected chi connectivity index (χ2v) is 9.88. The van der Waals surface area contributed by atoms with E-state index < -0.39 is 0 Å². The highest BCUT2D eigenvalue weighted by Crippen LogP contribution is 2.38. The van der Waals surface area contributed by atoms with Crippen molar-refractivity contribution >= 4 is 33.3 Å². The maximum absolute atomic E-state index is 6.03. The van der Waals surface area contributed by atoms with E-state index in [9.17, 15) is 0 Å². The van der Waals surface area contributed by atoms with Gasteiger partial charge in [0.25, 0.3) is 5.89 Å². The number of rotatable bonds is 6. The van der Waals surface area contributed by atoms with Crippen LogP contribution in [0.3, 0.4) is 0 Å². The Morgan fingerprint density at radius 3 is 2.40 bits per heavy atom. The Hall–Kier alpha value is -3.82. The maximum Gasteiger partial charge on any atom is 0.253 e. The second-order valence-electron chi connectivity index (χ2n) is 7.89. The Kier molecular flexibility index (Phi) is 5.63. The number of thiophene rings is 1. The first-order valence-corrected chi connectivity index (χ1v) is 12.8. The molecule has 0 saturated heterocycles. The third-order valence-electron chi connectivity index (χ3n) is 5.45. The largest absolute Gasteiger partial charge is 0.420 e. The van der Waals surface area contributed by atoms with E-state index >= 15 is 0 Å². The summed E-state index contributed by atoms with van der Waals surface area (Å²) in [5.41, 5.74) is 3.50. The molecular weight excluding hydrogens is 478 g/mol. The molecule has 6 aromatic rings. The highest BCUT2D eigenvalue weighted by atomic mass is 32.2. The molecule has 0 atom stereocenters. The van der Waals surface area contributed by atoms with Gasteiger partial charge in [-0.1, -0.05) is 77.6 Å². The van der Waals surface area contributed by atoms with Gasteiger partial charge in [0.15, 0.2) is 0 Å². The van der Waals surface area contributed by atoms with Crippen LogP contribution in [0.25, 0.3) is 43.4 Å². The molecule has 7 nitrogen and oxygen atoms in total. The predicted octanol–water partition coefficient (Wildman–Crippen LogP) is 6.97. The van der Waals surface area contributed by atoms with Crippen LogP contribution in [0.5, 0.6) is 0 Å². The fraction of sp³-hybridized carbons (Fsp3) is 0.115. The molecule has 35 heavy (non-hydrogen) atoms. The maximum atomic E-state index is 6.03. The summed E-state index contributed by atoms with van der Waals surface area (Å²) >= 11 is 3.23. The zero-order valence-electron chi connectivity index (χ0n) is 18.9. The van der Waals surface area contributed by atoms with Crippen molar-refractivity contribution in [2.24, 2.45) is 0 Å². The van der Waals surface area contributed by atoms with Crippen LogP contribution in [0.1, 0.15) is 17.5 Å². The topological polar surface area (TPSA) is 90.7 Å². The van der Waals surface area contributed by atoms with Crippen molar-refractivity contribution in [2.75, 3.05) is 0 Å². The van der Waals surface area contributed by atoms with E-state index in [0.717, 1.165) is 26.6 Å². The van der Waals surface area contributed by atoms with Crippen LogP contribution in [0, 0.1) is 13.8 Å². The average molecular weight is 498 g/mol. The van der Waals surface area contributed by atoms with Crippen molar-refractivity contribution in [2.45, 2.75) is 24.6 Å². The van der Waals surface area contributed by atoms with Crippen molar-refractivity contribution in [3.8, 4) is 33.2 Å². The van der Waals surface area contributed by atoms with Gasteiger partial charge in [0.05, 0.1) is 5.75 Å².